The average Bonchev–Trinajstić information content (AvgIpc) is 2.34. The molecule has 0 saturated carbocycles. The molecule has 0 aliphatic carbocycles. The molecule has 0 heterocycles. The summed E-state index contributed by atoms with van der Waals surface area (Å²) in [6, 6.07) is 7.17. The van der Waals surface area contributed by atoms with Crippen LogP contribution in [0.1, 0.15) is 15.9 Å². The molecule has 0 aromatic heterocycles. The van der Waals surface area contributed by atoms with Crippen LogP contribution in [-0.4, -0.2) is 24.4 Å². The van der Waals surface area contributed by atoms with Gasteiger partial charge < -0.3 is 5.32 Å². The number of hydrogen-bond donors (Lipinski definition) is 1. The molecule has 0 aliphatic rings. The molecule has 0 saturated heterocycles. The second kappa shape index (κ2) is 5.31. The Morgan fingerprint density at radius 1 is 1.22 bits per heavy atom. The lowest BCUT2D eigenvalue weighted by atomic mass is 10.1. The number of nitriles is 1. The predicted molar refractivity (Wildman–Crippen MR) is 54.6 cm³/mol. The predicted octanol–water partition coefficient (Wildman–Crippen LogP) is 1.42. The first-order valence-electron chi connectivity index (χ1n) is 4.73. The van der Waals surface area contributed by atoms with E-state index in [-0.39, 0.29) is 5.56 Å². The van der Waals surface area contributed by atoms with Gasteiger partial charge in [0.2, 0.25) is 0 Å². The summed E-state index contributed by atoms with van der Waals surface area (Å²) < 4.78 is 35.5. The maximum atomic E-state index is 11.8. The topological polar surface area (TPSA) is 70.0 Å². The number of ketones is 1. The SMILES string of the molecule is N#Cc1ccc(C(=O)CNC(=O)C(F)(F)F)cc1. The van der Waals surface area contributed by atoms with E-state index < -0.39 is 24.4 Å². The van der Waals surface area contributed by atoms with E-state index in [9.17, 15) is 22.8 Å². The van der Waals surface area contributed by atoms with Crippen molar-refractivity contribution in [2.75, 3.05) is 6.54 Å². The zero-order chi connectivity index (χ0) is 13.8. The maximum Gasteiger partial charge on any atom is 0.471 e. The molecule has 1 amide bonds. The summed E-state index contributed by atoms with van der Waals surface area (Å²) in [7, 11) is 0. The summed E-state index contributed by atoms with van der Waals surface area (Å²) in [5.74, 6) is -2.83. The van der Waals surface area contributed by atoms with Gasteiger partial charge in [-0.2, -0.15) is 18.4 Å². The number of carbonyl (C=O) groups is 2. The zero-order valence-corrected chi connectivity index (χ0v) is 8.91. The minimum atomic E-state index is -5.01. The molecule has 1 rings (SSSR count). The molecule has 7 heteroatoms. The Kier molecular flexibility index (Phi) is 4.05. The van der Waals surface area contributed by atoms with Crippen molar-refractivity contribution >= 4 is 11.7 Å². The fourth-order valence-electron chi connectivity index (χ4n) is 1.09. The Labute approximate surface area is 100 Å². The van der Waals surface area contributed by atoms with Gasteiger partial charge in [0.1, 0.15) is 0 Å². The number of carbonyl (C=O) groups excluding carboxylic acids is 2. The summed E-state index contributed by atoms with van der Waals surface area (Å²) in [6.07, 6.45) is -5.01. The third kappa shape index (κ3) is 3.59. The van der Waals surface area contributed by atoms with Gasteiger partial charge in [-0.05, 0) is 12.1 Å². The standard InChI is InChI=1S/C11H7F3N2O2/c12-11(13,14)10(18)16-6-9(17)8-3-1-7(5-15)2-4-8/h1-4H,6H2,(H,16,18). The van der Waals surface area contributed by atoms with Gasteiger partial charge in [-0.1, -0.05) is 12.1 Å². The Hall–Kier alpha value is -2.36. The van der Waals surface area contributed by atoms with E-state index in [1.807, 2.05) is 6.07 Å². The highest BCUT2D eigenvalue weighted by atomic mass is 19.4. The molecule has 1 aromatic carbocycles. The van der Waals surface area contributed by atoms with Crippen molar-refractivity contribution in [2.45, 2.75) is 6.18 Å². The lowest BCUT2D eigenvalue weighted by molar-refractivity contribution is -0.173. The number of benzene rings is 1. The molecule has 0 fully saturated rings. The molecular formula is C11H7F3N2O2. The van der Waals surface area contributed by atoms with Gasteiger partial charge in [-0.3, -0.25) is 9.59 Å². The van der Waals surface area contributed by atoms with Crippen LogP contribution in [0.15, 0.2) is 24.3 Å². The van der Waals surface area contributed by atoms with Crippen LogP contribution in [0, 0.1) is 11.3 Å². The molecule has 0 unspecified atom stereocenters. The number of nitrogens with zero attached hydrogens (tertiary/aromatic N) is 1. The summed E-state index contributed by atoms with van der Waals surface area (Å²) in [5, 5.41) is 9.99. The average molecular weight is 256 g/mol. The Morgan fingerprint density at radius 2 is 1.78 bits per heavy atom. The van der Waals surface area contributed by atoms with E-state index in [4.69, 9.17) is 5.26 Å². The lowest BCUT2D eigenvalue weighted by Crippen LogP contribution is -2.39. The molecule has 0 spiro atoms. The number of halogens is 3. The lowest BCUT2D eigenvalue weighted by Gasteiger charge is -2.07. The Balaban J connectivity index is 2.61. The zero-order valence-electron chi connectivity index (χ0n) is 8.91. The van der Waals surface area contributed by atoms with Gasteiger partial charge in [0, 0.05) is 5.56 Å². The van der Waals surface area contributed by atoms with Crippen molar-refractivity contribution in [1.29, 1.82) is 5.26 Å². The Bertz CT molecular complexity index is 501. The molecule has 0 aliphatic heterocycles. The largest absolute Gasteiger partial charge is 0.471 e. The van der Waals surface area contributed by atoms with E-state index in [1.54, 1.807) is 0 Å². The molecule has 0 atom stereocenters. The molecule has 1 N–H and O–H groups in total. The number of Topliss-reactive ketones (excluding diaryl/α,β-unsaturated/α-hetero) is 1. The van der Waals surface area contributed by atoms with Gasteiger partial charge in [-0.15, -0.1) is 0 Å². The van der Waals surface area contributed by atoms with Crippen LogP contribution >= 0.6 is 0 Å². The number of hydrogen-bond acceptors (Lipinski definition) is 3. The van der Waals surface area contributed by atoms with Gasteiger partial charge in [0.15, 0.2) is 5.78 Å². The molecule has 4 nitrogen and oxygen atoms in total. The van der Waals surface area contributed by atoms with Crippen LogP contribution in [0.2, 0.25) is 0 Å². The minimum absolute atomic E-state index is 0.122. The quantitative estimate of drug-likeness (QED) is 0.831. The van der Waals surface area contributed by atoms with Crippen molar-refractivity contribution in [3.05, 3.63) is 35.4 Å². The van der Waals surface area contributed by atoms with Crippen molar-refractivity contribution in [3.8, 4) is 6.07 Å². The summed E-state index contributed by atoms with van der Waals surface area (Å²) in [5.41, 5.74) is 0.447. The minimum Gasteiger partial charge on any atom is -0.341 e. The highest BCUT2D eigenvalue weighted by Gasteiger charge is 2.38. The number of alkyl halides is 3. The fourth-order valence-corrected chi connectivity index (χ4v) is 1.09. The summed E-state index contributed by atoms with van der Waals surface area (Å²) >= 11 is 0. The van der Waals surface area contributed by atoms with Crippen LogP contribution < -0.4 is 5.32 Å². The molecule has 0 radical (unpaired) electrons. The van der Waals surface area contributed by atoms with Crippen molar-refractivity contribution in [3.63, 3.8) is 0 Å². The number of rotatable bonds is 3. The van der Waals surface area contributed by atoms with Gasteiger partial charge >= 0.3 is 12.1 Å². The van der Waals surface area contributed by atoms with Crippen molar-refractivity contribution in [2.24, 2.45) is 0 Å². The van der Waals surface area contributed by atoms with E-state index in [2.05, 4.69) is 0 Å². The number of nitrogens with one attached hydrogen (secondary N) is 1. The van der Waals surface area contributed by atoms with E-state index in [0.29, 0.717) is 5.56 Å². The first-order valence-corrected chi connectivity index (χ1v) is 4.73. The van der Waals surface area contributed by atoms with Crippen LogP contribution in [-0.2, 0) is 4.79 Å². The van der Waals surface area contributed by atoms with Crippen LogP contribution in [0.4, 0.5) is 13.2 Å². The van der Waals surface area contributed by atoms with Crippen LogP contribution in [0.5, 0.6) is 0 Å². The third-order valence-electron chi connectivity index (χ3n) is 2.00. The summed E-state index contributed by atoms with van der Waals surface area (Å²) in [6.45, 7) is -0.746. The van der Waals surface area contributed by atoms with Crippen LogP contribution in [0.3, 0.4) is 0 Å². The van der Waals surface area contributed by atoms with Crippen molar-refractivity contribution < 1.29 is 22.8 Å². The number of amides is 1. The van der Waals surface area contributed by atoms with E-state index in [0.717, 1.165) is 0 Å². The second-order valence-corrected chi connectivity index (χ2v) is 3.29. The molecule has 18 heavy (non-hydrogen) atoms. The van der Waals surface area contributed by atoms with Crippen LogP contribution in [0.25, 0.3) is 0 Å². The van der Waals surface area contributed by atoms with Gasteiger partial charge in [0.25, 0.3) is 0 Å². The second-order valence-electron chi connectivity index (χ2n) is 3.29. The molecule has 0 bridgehead atoms. The van der Waals surface area contributed by atoms with Gasteiger partial charge in [-0.25, -0.2) is 0 Å². The first kappa shape index (κ1) is 13.7. The van der Waals surface area contributed by atoms with Crippen molar-refractivity contribution in [1.82, 2.24) is 5.32 Å². The third-order valence-corrected chi connectivity index (χ3v) is 2.00. The van der Waals surface area contributed by atoms with Gasteiger partial charge in [0.05, 0.1) is 18.2 Å². The monoisotopic (exact) mass is 256 g/mol. The first-order chi connectivity index (χ1) is 8.34. The molecule has 1 aromatic rings. The highest BCUT2D eigenvalue weighted by molar-refractivity contribution is 5.99. The Morgan fingerprint density at radius 3 is 2.22 bits per heavy atom. The fraction of sp³-hybridized carbons (Fsp3) is 0.182. The smallest absolute Gasteiger partial charge is 0.341 e. The van der Waals surface area contributed by atoms with E-state index >= 15 is 0 Å². The maximum absolute atomic E-state index is 11.8. The summed E-state index contributed by atoms with van der Waals surface area (Å²) in [4.78, 5) is 21.9. The normalized spacial score (nSPS) is 10.6. The van der Waals surface area contributed by atoms with E-state index in [1.165, 1.54) is 29.6 Å². The molecular weight excluding hydrogens is 249 g/mol. The molecule has 94 valence electrons. The highest BCUT2D eigenvalue weighted by Crippen LogP contribution is 2.14.